The SMILES string of the molecule is Nc1cc(-c2ccc(Br)cc2)nn1C(C1CCCCC1)C(F)(F)F. The molecule has 1 unspecified atom stereocenters. The average Bonchev–Trinajstić information content (AvgIpc) is 2.89. The number of hydrogen-bond donors (Lipinski definition) is 1. The third-order valence-corrected chi connectivity index (χ3v) is 5.13. The molecule has 1 atom stereocenters. The maximum Gasteiger partial charge on any atom is 0.411 e. The molecule has 7 heteroatoms. The Hall–Kier alpha value is -1.50. The molecule has 1 fully saturated rings. The molecule has 2 N–H and O–H groups in total. The zero-order valence-corrected chi connectivity index (χ0v) is 14.6. The lowest BCUT2D eigenvalue weighted by atomic mass is 9.83. The summed E-state index contributed by atoms with van der Waals surface area (Å²) in [6.07, 6.45) is -0.566. The van der Waals surface area contributed by atoms with Gasteiger partial charge in [-0.1, -0.05) is 47.3 Å². The Bertz CT molecular complexity index is 688. The first-order chi connectivity index (χ1) is 11.4. The lowest BCUT2D eigenvalue weighted by molar-refractivity contribution is -0.186. The van der Waals surface area contributed by atoms with Crippen LogP contribution in [-0.2, 0) is 0 Å². The first-order valence-electron chi connectivity index (χ1n) is 8.04. The number of nitrogens with zero attached hydrogens (tertiary/aromatic N) is 2. The van der Waals surface area contributed by atoms with Gasteiger partial charge in [-0.25, -0.2) is 4.68 Å². The highest BCUT2D eigenvalue weighted by molar-refractivity contribution is 9.10. The molecule has 130 valence electrons. The molecule has 1 aliphatic rings. The van der Waals surface area contributed by atoms with Crippen molar-refractivity contribution in [1.29, 1.82) is 0 Å². The Morgan fingerprint density at radius 2 is 1.75 bits per heavy atom. The molecule has 1 heterocycles. The van der Waals surface area contributed by atoms with Gasteiger partial charge in [0.05, 0.1) is 5.69 Å². The fourth-order valence-corrected chi connectivity index (χ4v) is 3.71. The van der Waals surface area contributed by atoms with Crippen LogP contribution >= 0.6 is 15.9 Å². The molecule has 0 bridgehead atoms. The first-order valence-corrected chi connectivity index (χ1v) is 8.83. The Morgan fingerprint density at radius 1 is 1.12 bits per heavy atom. The molecule has 1 aromatic carbocycles. The van der Waals surface area contributed by atoms with Crippen LogP contribution in [0.5, 0.6) is 0 Å². The molecule has 1 aromatic heterocycles. The molecular weight excluding hydrogens is 383 g/mol. The van der Waals surface area contributed by atoms with Gasteiger partial charge in [0.2, 0.25) is 0 Å². The summed E-state index contributed by atoms with van der Waals surface area (Å²) >= 11 is 3.34. The zero-order valence-electron chi connectivity index (χ0n) is 13.1. The van der Waals surface area contributed by atoms with E-state index in [0.717, 1.165) is 34.0 Å². The van der Waals surface area contributed by atoms with Crippen LogP contribution in [0, 0.1) is 5.92 Å². The molecule has 0 saturated heterocycles. The summed E-state index contributed by atoms with van der Waals surface area (Å²) in [6, 6.07) is 7.13. The number of hydrogen-bond acceptors (Lipinski definition) is 2. The third kappa shape index (κ3) is 3.61. The largest absolute Gasteiger partial charge is 0.411 e. The van der Waals surface area contributed by atoms with Crippen molar-refractivity contribution in [1.82, 2.24) is 9.78 Å². The van der Waals surface area contributed by atoms with Gasteiger partial charge in [-0.2, -0.15) is 18.3 Å². The Labute approximate surface area is 147 Å². The van der Waals surface area contributed by atoms with E-state index in [1.54, 1.807) is 12.1 Å². The molecule has 0 radical (unpaired) electrons. The van der Waals surface area contributed by atoms with Gasteiger partial charge in [-0.15, -0.1) is 0 Å². The van der Waals surface area contributed by atoms with Crippen LogP contribution in [0.1, 0.15) is 38.1 Å². The van der Waals surface area contributed by atoms with Gasteiger partial charge in [-0.05, 0) is 30.9 Å². The van der Waals surface area contributed by atoms with E-state index in [1.165, 1.54) is 6.07 Å². The summed E-state index contributed by atoms with van der Waals surface area (Å²) in [7, 11) is 0. The van der Waals surface area contributed by atoms with Crippen molar-refractivity contribution in [2.24, 2.45) is 5.92 Å². The summed E-state index contributed by atoms with van der Waals surface area (Å²) < 4.78 is 43.0. The second-order valence-corrected chi connectivity index (χ2v) is 7.21. The van der Waals surface area contributed by atoms with Gasteiger partial charge >= 0.3 is 6.18 Å². The smallest absolute Gasteiger partial charge is 0.384 e. The highest BCUT2D eigenvalue weighted by Gasteiger charge is 2.47. The molecule has 1 aliphatic carbocycles. The predicted molar refractivity (Wildman–Crippen MR) is 91.4 cm³/mol. The van der Waals surface area contributed by atoms with Crippen molar-refractivity contribution < 1.29 is 13.2 Å². The van der Waals surface area contributed by atoms with Crippen molar-refractivity contribution in [2.75, 3.05) is 5.73 Å². The predicted octanol–water partition coefficient (Wildman–Crippen LogP) is 5.58. The summed E-state index contributed by atoms with van der Waals surface area (Å²) in [5.41, 5.74) is 7.11. The minimum atomic E-state index is -4.36. The normalized spacial score (nSPS) is 17.8. The minimum Gasteiger partial charge on any atom is -0.384 e. The zero-order chi connectivity index (χ0) is 17.3. The van der Waals surface area contributed by atoms with Crippen LogP contribution in [0.15, 0.2) is 34.8 Å². The van der Waals surface area contributed by atoms with Crippen LogP contribution in [-0.4, -0.2) is 16.0 Å². The summed E-state index contributed by atoms with van der Waals surface area (Å²) in [4.78, 5) is 0. The van der Waals surface area contributed by atoms with E-state index in [9.17, 15) is 13.2 Å². The number of rotatable bonds is 3. The fourth-order valence-electron chi connectivity index (χ4n) is 3.45. The van der Waals surface area contributed by atoms with E-state index < -0.39 is 18.1 Å². The minimum absolute atomic E-state index is 0.0563. The molecule has 1 saturated carbocycles. The lowest BCUT2D eigenvalue weighted by Crippen LogP contribution is -2.35. The van der Waals surface area contributed by atoms with Crippen LogP contribution in [0.4, 0.5) is 19.0 Å². The van der Waals surface area contributed by atoms with E-state index >= 15 is 0 Å². The van der Waals surface area contributed by atoms with Gasteiger partial charge in [0, 0.05) is 16.1 Å². The summed E-state index contributed by atoms with van der Waals surface area (Å²) in [5.74, 6) is -0.403. The standard InChI is InChI=1S/C17H19BrF3N3/c18-13-8-6-11(7-9-13)14-10-15(22)24(23-14)16(17(19,20)21)12-4-2-1-3-5-12/h6-10,12,16H,1-5,22H2. The number of nitrogens with two attached hydrogens (primary N) is 1. The maximum absolute atomic E-state index is 13.7. The fraction of sp³-hybridized carbons (Fsp3) is 0.471. The number of nitrogen functional groups attached to an aromatic ring is 1. The first kappa shape index (κ1) is 17.3. The van der Waals surface area contributed by atoms with Crippen LogP contribution < -0.4 is 5.73 Å². The van der Waals surface area contributed by atoms with E-state index in [-0.39, 0.29) is 5.82 Å². The van der Waals surface area contributed by atoms with Crippen molar-refractivity contribution in [3.05, 3.63) is 34.8 Å². The molecular formula is C17H19BrF3N3. The quantitative estimate of drug-likeness (QED) is 0.729. The van der Waals surface area contributed by atoms with E-state index in [2.05, 4.69) is 21.0 Å². The molecule has 0 spiro atoms. The topological polar surface area (TPSA) is 43.8 Å². The summed E-state index contributed by atoms with van der Waals surface area (Å²) in [5, 5.41) is 4.21. The molecule has 0 amide bonds. The second kappa shape index (κ2) is 6.78. The van der Waals surface area contributed by atoms with Gasteiger partial charge in [-0.3, -0.25) is 0 Å². The molecule has 24 heavy (non-hydrogen) atoms. The second-order valence-electron chi connectivity index (χ2n) is 6.29. The number of alkyl halides is 3. The number of aromatic nitrogens is 2. The molecule has 3 nitrogen and oxygen atoms in total. The number of anilines is 1. The van der Waals surface area contributed by atoms with E-state index in [1.807, 2.05) is 12.1 Å². The van der Waals surface area contributed by atoms with Crippen molar-refractivity contribution in [3.63, 3.8) is 0 Å². The van der Waals surface area contributed by atoms with Crippen molar-refractivity contribution in [3.8, 4) is 11.3 Å². The third-order valence-electron chi connectivity index (χ3n) is 4.60. The average molecular weight is 402 g/mol. The molecule has 3 rings (SSSR count). The van der Waals surface area contributed by atoms with Crippen molar-refractivity contribution >= 4 is 21.7 Å². The highest BCUT2D eigenvalue weighted by atomic mass is 79.9. The van der Waals surface area contributed by atoms with E-state index in [0.29, 0.717) is 18.5 Å². The Morgan fingerprint density at radius 3 is 2.33 bits per heavy atom. The number of halogens is 4. The monoisotopic (exact) mass is 401 g/mol. The Balaban J connectivity index is 1.97. The maximum atomic E-state index is 13.7. The van der Waals surface area contributed by atoms with Crippen LogP contribution in [0.25, 0.3) is 11.3 Å². The van der Waals surface area contributed by atoms with Gasteiger partial charge in [0.1, 0.15) is 5.82 Å². The van der Waals surface area contributed by atoms with Crippen molar-refractivity contribution in [2.45, 2.75) is 44.3 Å². The molecule has 2 aromatic rings. The number of benzene rings is 1. The van der Waals surface area contributed by atoms with Crippen LogP contribution in [0.3, 0.4) is 0 Å². The van der Waals surface area contributed by atoms with Gasteiger partial charge in [0.15, 0.2) is 6.04 Å². The Kier molecular flexibility index (Phi) is 4.90. The lowest BCUT2D eigenvalue weighted by Gasteiger charge is -2.32. The highest BCUT2D eigenvalue weighted by Crippen LogP contribution is 2.44. The van der Waals surface area contributed by atoms with E-state index in [4.69, 9.17) is 5.73 Å². The summed E-state index contributed by atoms with van der Waals surface area (Å²) in [6.45, 7) is 0. The van der Waals surface area contributed by atoms with Crippen LogP contribution in [0.2, 0.25) is 0 Å². The molecule has 0 aliphatic heterocycles. The van der Waals surface area contributed by atoms with Gasteiger partial charge in [0.25, 0.3) is 0 Å². The van der Waals surface area contributed by atoms with Gasteiger partial charge < -0.3 is 5.73 Å².